The summed E-state index contributed by atoms with van der Waals surface area (Å²) in [6.45, 7) is 5.55. The van der Waals surface area contributed by atoms with Crippen LogP contribution in [0.4, 0.5) is 23.8 Å². The van der Waals surface area contributed by atoms with E-state index in [1.807, 2.05) is 38.1 Å². The molecule has 2 aromatic heterocycles. The number of pyridine rings is 1. The van der Waals surface area contributed by atoms with Gasteiger partial charge in [0.25, 0.3) is 0 Å². The van der Waals surface area contributed by atoms with Crippen LogP contribution in [-0.4, -0.2) is 46.4 Å². The predicted molar refractivity (Wildman–Crippen MR) is 132 cm³/mol. The van der Waals surface area contributed by atoms with E-state index in [2.05, 4.69) is 15.5 Å². The van der Waals surface area contributed by atoms with E-state index >= 15 is 0 Å². The molecule has 4 heterocycles. The lowest BCUT2D eigenvalue weighted by Crippen LogP contribution is -2.47. The number of halogens is 3. The highest BCUT2D eigenvalue weighted by Crippen LogP contribution is 2.43. The first kappa shape index (κ1) is 26.0. The van der Waals surface area contributed by atoms with E-state index in [4.69, 9.17) is 14.0 Å². The predicted octanol–water partition coefficient (Wildman–Crippen LogP) is 5.85. The monoisotopic (exact) mass is 530 g/mol. The number of amides is 2. The molecule has 2 saturated heterocycles. The second-order valence-electron chi connectivity index (χ2n) is 9.93. The third-order valence-electron chi connectivity index (χ3n) is 7.44. The molecule has 2 amide bonds. The molecule has 2 aliphatic rings. The summed E-state index contributed by atoms with van der Waals surface area (Å²) in [7, 11) is 0. The molecule has 1 spiro atoms. The van der Waals surface area contributed by atoms with Gasteiger partial charge in [-0.3, -0.25) is 10.3 Å². The topological polar surface area (TPSA) is 89.7 Å². The highest BCUT2D eigenvalue weighted by atomic mass is 19.4. The number of carbonyl (C=O) groups is 1. The number of hydrogen-bond acceptors (Lipinski definition) is 6. The Morgan fingerprint density at radius 1 is 1.16 bits per heavy atom. The molecule has 8 nitrogen and oxygen atoms in total. The van der Waals surface area contributed by atoms with Gasteiger partial charge < -0.3 is 18.9 Å². The molecular weight excluding hydrogens is 501 g/mol. The summed E-state index contributed by atoms with van der Waals surface area (Å²) in [5.41, 5.74) is 2.09. The molecule has 0 radical (unpaired) electrons. The zero-order valence-corrected chi connectivity index (χ0v) is 21.2. The van der Waals surface area contributed by atoms with Crippen LogP contribution in [-0.2, 0) is 17.5 Å². The molecule has 1 unspecified atom stereocenters. The van der Waals surface area contributed by atoms with Crippen molar-refractivity contribution in [1.29, 1.82) is 0 Å². The third kappa shape index (κ3) is 5.62. The number of carbonyl (C=O) groups excluding carboxylic acids is 1. The highest BCUT2D eigenvalue weighted by molar-refractivity contribution is 5.88. The lowest BCUT2D eigenvalue weighted by Gasteiger charge is -2.38. The van der Waals surface area contributed by atoms with Gasteiger partial charge in [0.15, 0.2) is 0 Å². The molecular formula is C27H29F3N4O4. The molecule has 3 aromatic rings. The Labute approximate surface area is 218 Å². The number of piperidine rings is 1. The summed E-state index contributed by atoms with van der Waals surface area (Å²) in [4.78, 5) is 18.3. The number of ether oxygens (including phenoxy) is 2. The summed E-state index contributed by atoms with van der Waals surface area (Å²) < 4.78 is 55.2. The van der Waals surface area contributed by atoms with E-state index in [1.54, 1.807) is 4.90 Å². The summed E-state index contributed by atoms with van der Waals surface area (Å²) >= 11 is 0. The minimum Gasteiger partial charge on any atom is -0.487 e. The van der Waals surface area contributed by atoms with Gasteiger partial charge in [0.1, 0.15) is 12.4 Å². The zero-order valence-electron chi connectivity index (χ0n) is 21.2. The van der Waals surface area contributed by atoms with Gasteiger partial charge in [0, 0.05) is 30.8 Å². The Bertz CT molecular complexity index is 1270. The molecule has 202 valence electrons. The van der Waals surface area contributed by atoms with E-state index in [0.29, 0.717) is 37.0 Å². The molecule has 0 saturated carbocycles. The Balaban J connectivity index is 1.10. The first-order chi connectivity index (χ1) is 18.1. The number of alkyl halides is 3. The summed E-state index contributed by atoms with van der Waals surface area (Å²) in [5, 5.41) is 6.68. The minimum absolute atomic E-state index is 0.0762. The molecule has 1 aromatic carbocycles. The molecule has 5 rings (SSSR count). The highest BCUT2D eigenvalue weighted by Gasteiger charge is 2.44. The van der Waals surface area contributed by atoms with Crippen molar-refractivity contribution in [2.75, 3.05) is 25.0 Å². The summed E-state index contributed by atoms with van der Waals surface area (Å²) in [6.07, 6.45) is -1.21. The van der Waals surface area contributed by atoms with Gasteiger partial charge in [-0.1, -0.05) is 17.3 Å². The Hall–Kier alpha value is -3.60. The van der Waals surface area contributed by atoms with Crippen molar-refractivity contribution in [3.63, 3.8) is 0 Å². The fourth-order valence-electron chi connectivity index (χ4n) is 4.90. The van der Waals surface area contributed by atoms with E-state index < -0.39 is 11.7 Å². The molecule has 2 fully saturated rings. The van der Waals surface area contributed by atoms with E-state index in [9.17, 15) is 18.0 Å². The number of likely N-dealkylation sites (tertiary alicyclic amines) is 1. The molecule has 1 atom stereocenters. The van der Waals surface area contributed by atoms with Gasteiger partial charge in [-0.15, -0.1) is 0 Å². The molecule has 1 N–H and O–H groups in total. The van der Waals surface area contributed by atoms with Gasteiger partial charge in [-0.2, -0.15) is 13.2 Å². The van der Waals surface area contributed by atoms with Crippen LogP contribution in [0.1, 0.15) is 53.3 Å². The van der Waals surface area contributed by atoms with Crippen LogP contribution >= 0.6 is 0 Å². The molecule has 11 heteroatoms. The lowest BCUT2D eigenvalue weighted by molar-refractivity contribution is -0.137. The van der Waals surface area contributed by atoms with Crippen molar-refractivity contribution in [3.05, 3.63) is 70.7 Å². The number of nitrogens with one attached hydrogen (secondary N) is 1. The second-order valence-corrected chi connectivity index (χ2v) is 9.93. The van der Waals surface area contributed by atoms with Crippen molar-refractivity contribution in [2.24, 2.45) is 0 Å². The number of nitrogens with zero attached hydrogens (tertiary/aromatic N) is 3. The van der Waals surface area contributed by atoms with Gasteiger partial charge in [-0.05, 0) is 62.9 Å². The van der Waals surface area contributed by atoms with Crippen molar-refractivity contribution < 1.29 is 32.0 Å². The van der Waals surface area contributed by atoms with E-state index in [-0.39, 0.29) is 24.2 Å². The second kappa shape index (κ2) is 10.3. The first-order valence-electron chi connectivity index (χ1n) is 12.5. The van der Waals surface area contributed by atoms with Crippen LogP contribution in [0, 0.1) is 13.8 Å². The number of aryl methyl sites for hydroxylation is 1. The maximum absolute atomic E-state index is 12.7. The van der Waals surface area contributed by atoms with Crippen molar-refractivity contribution in [2.45, 2.75) is 57.4 Å². The lowest BCUT2D eigenvalue weighted by atomic mass is 9.83. The van der Waals surface area contributed by atoms with E-state index in [1.165, 1.54) is 6.07 Å². The van der Waals surface area contributed by atoms with Crippen LogP contribution < -0.4 is 10.1 Å². The Morgan fingerprint density at radius 3 is 2.50 bits per heavy atom. The fourth-order valence-corrected chi connectivity index (χ4v) is 4.90. The largest absolute Gasteiger partial charge is 0.487 e. The van der Waals surface area contributed by atoms with E-state index in [0.717, 1.165) is 48.3 Å². The SMILES string of the molecule is Cc1noc(NC(=O)N2CCC3(CC2)CC(c2ccc(OCc4ccc(C(F)(F)F)cn4)cc2)CO3)c1C. The normalized spacial score (nSPS) is 19.1. The number of urea groups is 1. The quantitative estimate of drug-likeness (QED) is 0.445. The van der Waals surface area contributed by atoms with Crippen LogP contribution in [0.15, 0.2) is 47.1 Å². The Kier molecular flexibility index (Phi) is 7.04. The average Bonchev–Trinajstić information content (AvgIpc) is 3.46. The Morgan fingerprint density at radius 2 is 1.89 bits per heavy atom. The van der Waals surface area contributed by atoms with Crippen LogP contribution in [0.2, 0.25) is 0 Å². The maximum Gasteiger partial charge on any atom is 0.417 e. The van der Waals surface area contributed by atoms with Gasteiger partial charge in [0.2, 0.25) is 5.88 Å². The third-order valence-corrected chi connectivity index (χ3v) is 7.44. The van der Waals surface area contributed by atoms with Crippen LogP contribution in [0.5, 0.6) is 5.75 Å². The fraction of sp³-hybridized carbons (Fsp3) is 0.444. The van der Waals surface area contributed by atoms with Gasteiger partial charge >= 0.3 is 12.2 Å². The van der Waals surface area contributed by atoms with Crippen molar-refractivity contribution >= 4 is 11.9 Å². The molecule has 38 heavy (non-hydrogen) atoms. The summed E-state index contributed by atoms with van der Waals surface area (Å²) in [6, 6.07) is 9.81. The number of hydrogen-bond donors (Lipinski definition) is 1. The number of benzene rings is 1. The minimum atomic E-state index is -4.41. The summed E-state index contributed by atoms with van der Waals surface area (Å²) in [5.74, 6) is 1.23. The van der Waals surface area contributed by atoms with Crippen LogP contribution in [0.3, 0.4) is 0 Å². The van der Waals surface area contributed by atoms with Crippen LogP contribution in [0.25, 0.3) is 0 Å². The zero-order chi connectivity index (χ0) is 26.9. The smallest absolute Gasteiger partial charge is 0.417 e. The number of rotatable bonds is 5. The standard InChI is InChI=1S/C27H29F3N4O4/c1-17-18(2)33-38-24(17)32-25(35)34-11-9-26(10-12-34)13-20(15-37-26)19-3-7-23(8-4-19)36-16-22-6-5-21(14-31-22)27(28,29)30/h3-8,14,20H,9-13,15-16H2,1-2H3,(H,32,35). The molecule has 0 aliphatic carbocycles. The molecule has 0 bridgehead atoms. The maximum atomic E-state index is 12.7. The van der Waals surface area contributed by atoms with Gasteiger partial charge in [-0.25, -0.2) is 4.79 Å². The van der Waals surface area contributed by atoms with Crippen molar-refractivity contribution in [3.8, 4) is 5.75 Å². The molecule has 2 aliphatic heterocycles. The number of anilines is 1. The van der Waals surface area contributed by atoms with Crippen molar-refractivity contribution in [1.82, 2.24) is 15.0 Å². The number of aromatic nitrogens is 2. The van der Waals surface area contributed by atoms with Gasteiger partial charge in [0.05, 0.1) is 29.2 Å². The first-order valence-corrected chi connectivity index (χ1v) is 12.5. The average molecular weight is 531 g/mol.